The molecule has 0 saturated carbocycles. The highest BCUT2D eigenvalue weighted by molar-refractivity contribution is 5.37. The first-order valence-corrected chi connectivity index (χ1v) is 4.47. The molecule has 82 valence electrons. The molecular formula is C9H13N3O3. The van der Waals surface area contributed by atoms with Gasteiger partial charge in [0.1, 0.15) is 6.20 Å². The van der Waals surface area contributed by atoms with Crippen LogP contribution < -0.4 is 5.73 Å². The smallest absolute Gasteiger partial charge is 0.290 e. The maximum atomic E-state index is 10.7. The van der Waals surface area contributed by atoms with E-state index in [-0.39, 0.29) is 11.7 Å². The van der Waals surface area contributed by atoms with E-state index in [2.05, 4.69) is 4.98 Å². The van der Waals surface area contributed by atoms with Gasteiger partial charge in [-0.05, 0) is 12.5 Å². The number of methoxy groups -OCH3 is 1. The molecule has 1 aromatic heterocycles. The Hall–Kier alpha value is -1.53. The second-order valence-electron chi connectivity index (χ2n) is 3.18. The van der Waals surface area contributed by atoms with Crippen molar-refractivity contribution in [2.24, 2.45) is 5.73 Å². The first-order chi connectivity index (χ1) is 7.15. The Morgan fingerprint density at radius 1 is 1.73 bits per heavy atom. The van der Waals surface area contributed by atoms with Crippen molar-refractivity contribution in [3.8, 4) is 0 Å². The van der Waals surface area contributed by atoms with Crippen molar-refractivity contribution in [2.45, 2.75) is 12.5 Å². The fourth-order valence-corrected chi connectivity index (χ4v) is 1.31. The molecule has 1 atom stereocenters. The normalized spacial score (nSPS) is 12.4. The maximum Gasteiger partial charge on any atom is 0.290 e. The predicted molar refractivity (Wildman–Crippen MR) is 54.4 cm³/mol. The van der Waals surface area contributed by atoms with Gasteiger partial charge in [-0.3, -0.25) is 15.1 Å². The van der Waals surface area contributed by atoms with Gasteiger partial charge in [0.15, 0.2) is 0 Å². The number of ether oxygens (including phenoxy) is 1. The lowest BCUT2D eigenvalue weighted by Gasteiger charge is -2.09. The fraction of sp³-hybridized carbons (Fsp3) is 0.444. The van der Waals surface area contributed by atoms with Gasteiger partial charge in [-0.25, -0.2) is 0 Å². The molecule has 6 nitrogen and oxygen atoms in total. The molecule has 1 aromatic rings. The Morgan fingerprint density at radius 3 is 3.07 bits per heavy atom. The molecule has 0 aliphatic carbocycles. The molecule has 0 spiro atoms. The van der Waals surface area contributed by atoms with E-state index < -0.39 is 4.92 Å². The van der Waals surface area contributed by atoms with Crippen LogP contribution in [0, 0.1) is 10.1 Å². The average molecular weight is 211 g/mol. The van der Waals surface area contributed by atoms with E-state index in [1.165, 1.54) is 12.4 Å². The van der Waals surface area contributed by atoms with Gasteiger partial charge in [0, 0.05) is 24.9 Å². The summed E-state index contributed by atoms with van der Waals surface area (Å²) in [5.41, 5.74) is 6.30. The molecule has 6 heteroatoms. The summed E-state index contributed by atoms with van der Waals surface area (Å²) in [5.74, 6) is 0. The zero-order chi connectivity index (χ0) is 11.3. The average Bonchev–Trinajstić information content (AvgIpc) is 2.18. The number of hydrogen-bond donors (Lipinski definition) is 1. The molecule has 0 aliphatic heterocycles. The number of nitrogens with zero attached hydrogens (tertiary/aromatic N) is 2. The molecule has 0 aromatic carbocycles. The summed E-state index contributed by atoms with van der Waals surface area (Å²) in [5, 5.41) is 10.7. The monoisotopic (exact) mass is 211 g/mol. The largest absolute Gasteiger partial charge is 0.383 e. The first kappa shape index (κ1) is 11.5. The van der Waals surface area contributed by atoms with Gasteiger partial charge in [-0.15, -0.1) is 0 Å². The van der Waals surface area contributed by atoms with Crippen molar-refractivity contribution in [3.05, 3.63) is 34.1 Å². The molecule has 0 radical (unpaired) electrons. The number of hydrogen-bond acceptors (Lipinski definition) is 5. The van der Waals surface area contributed by atoms with Crippen molar-refractivity contribution < 1.29 is 9.66 Å². The summed E-state index contributed by atoms with van der Waals surface area (Å²) in [6, 6.07) is 1.37. The summed E-state index contributed by atoms with van der Waals surface area (Å²) in [6.45, 7) is 0.374. The van der Waals surface area contributed by atoms with Gasteiger partial charge in [0.25, 0.3) is 5.69 Å². The number of rotatable bonds is 5. The van der Waals surface area contributed by atoms with Crippen LogP contribution in [-0.4, -0.2) is 29.7 Å². The minimum Gasteiger partial charge on any atom is -0.383 e. The molecule has 1 unspecified atom stereocenters. The van der Waals surface area contributed by atoms with Crippen LogP contribution in [0.25, 0.3) is 0 Å². The summed E-state index contributed by atoms with van der Waals surface area (Å²) in [4.78, 5) is 13.9. The Labute approximate surface area is 87.2 Å². The zero-order valence-corrected chi connectivity index (χ0v) is 8.42. The van der Waals surface area contributed by atoms with Crippen LogP contribution in [0.3, 0.4) is 0 Å². The lowest BCUT2D eigenvalue weighted by atomic mass is 10.1. The number of pyridine rings is 1. The standard InChI is InChI=1S/C9H13N3O3/c1-15-6-8(10)4-7-2-3-11-5-9(7)12(13)14/h2-3,5,8H,4,6,10H2,1H3. The number of aromatic nitrogens is 1. The van der Waals surface area contributed by atoms with Crippen molar-refractivity contribution in [1.29, 1.82) is 0 Å². The van der Waals surface area contributed by atoms with E-state index in [9.17, 15) is 10.1 Å². The molecule has 0 bridgehead atoms. The highest BCUT2D eigenvalue weighted by atomic mass is 16.6. The SMILES string of the molecule is COCC(N)Cc1ccncc1[N+](=O)[O-]. The van der Waals surface area contributed by atoms with E-state index in [0.717, 1.165) is 0 Å². The van der Waals surface area contributed by atoms with Gasteiger partial charge in [0.05, 0.1) is 11.5 Å². The Morgan fingerprint density at radius 2 is 2.47 bits per heavy atom. The molecule has 0 fully saturated rings. The zero-order valence-electron chi connectivity index (χ0n) is 8.42. The Balaban J connectivity index is 2.79. The second-order valence-corrected chi connectivity index (χ2v) is 3.18. The minimum atomic E-state index is -0.456. The van der Waals surface area contributed by atoms with Crippen molar-refractivity contribution in [1.82, 2.24) is 4.98 Å². The van der Waals surface area contributed by atoms with Gasteiger partial charge in [-0.2, -0.15) is 0 Å². The third kappa shape index (κ3) is 3.26. The predicted octanol–water partition coefficient (Wildman–Crippen LogP) is 0.506. The molecule has 0 saturated heterocycles. The van der Waals surface area contributed by atoms with Gasteiger partial charge >= 0.3 is 0 Å². The topological polar surface area (TPSA) is 91.3 Å². The van der Waals surface area contributed by atoms with E-state index >= 15 is 0 Å². The van der Waals surface area contributed by atoms with Gasteiger partial charge in [-0.1, -0.05) is 0 Å². The first-order valence-electron chi connectivity index (χ1n) is 4.47. The maximum absolute atomic E-state index is 10.7. The van der Waals surface area contributed by atoms with Crippen LogP contribution in [-0.2, 0) is 11.2 Å². The molecular weight excluding hydrogens is 198 g/mol. The van der Waals surface area contributed by atoms with E-state index in [4.69, 9.17) is 10.5 Å². The number of nitrogens with two attached hydrogens (primary N) is 1. The molecule has 1 rings (SSSR count). The molecule has 15 heavy (non-hydrogen) atoms. The third-order valence-electron chi connectivity index (χ3n) is 1.95. The van der Waals surface area contributed by atoms with Crippen LogP contribution in [0.4, 0.5) is 5.69 Å². The molecule has 1 heterocycles. The van der Waals surface area contributed by atoms with Crippen LogP contribution in [0.15, 0.2) is 18.5 Å². The summed E-state index contributed by atoms with van der Waals surface area (Å²) < 4.78 is 4.87. The summed E-state index contributed by atoms with van der Waals surface area (Å²) in [7, 11) is 1.54. The molecule has 0 aliphatic rings. The summed E-state index contributed by atoms with van der Waals surface area (Å²) in [6.07, 6.45) is 3.16. The quantitative estimate of drug-likeness (QED) is 0.565. The van der Waals surface area contributed by atoms with Crippen molar-refractivity contribution in [2.75, 3.05) is 13.7 Å². The lowest BCUT2D eigenvalue weighted by molar-refractivity contribution is -0.385. The van der Waals surface area contributed by atoms with Crippen molar-refractivity contribution in [3.63, 3.8) is 0 Å². The van der Waals surface area contributed by atoms with Crippen molar-refractivity contribution >= 4 is 5.69 Å². The Kier molecular flexibility index (Phi) is 4.14. The number of nitro groups is 1. The second kappa shape index (κ2) is 5.38. The van der Waals surface area contributed by atoms with Crippen LogP contribution in [0.5, 0.6) is 0 Å². The summed E-state index contributed by atoms with van der Waals surface area (Å²) >= 11 is 0. The van der Waals surface area contributed by atoms with Gasteiger partial charge < -0.3 is 10.5 Å². The highest BCUT2D eigenvalue weighted by Crippen LogP contribution is 2.17. The third-order valence-corrected chi connectivity index (χ3v) is 1.95. The fourth-order valence-electron chi connectivity index (χ4n) is 1.31. The Bertz CT molecular complexity index is 343. The van der Waals surface area contributed by atoms with E-state index in [1.54, 1.807) is 13.2 Å². The molecule has 0 amide bonds. The van der Waals surface area contributed by atoms with Crippen LogP contribution in [0.1, 0.15) is 5.56 Å². The van der Waals surface area contributed by atoms with Crippen LogP contribution in [0.2, 0.25) is 0 Å². The van der Waals surface area contributed by atoms with E-state index in [1.807, 2.05) is 0 Å². The minimum absolute atomic E-state index is 0.00375. The van der Waals surface area contributed by atoms with E-state index in [0.29, 0.717) is 18.6 Å². The molecule has 2 N–H and O–H groups in total. The van der Waals surface area contributed by atoms with Gasteiger partial charge in [0.2, 0.25) is 0 Å². The van der Waals surface area contributed by atoms with Crippen LogP contribution >= 0.6 is 0 Å². The highest BCUT2D eigenvalue weighted by Gasteiger charge is 2.15. The lowest BCUT2D eigenvalue weighted by Crippen LogP contribution is -2.28.